The van der Waals surface area contributed by atoms with E-state index < -0.39 is 11.4 Å². The van der Waals surface area contributed by atoms with Gasteiger partial charge in [0.25, 0.3) is 0 Å². The molecule has 0 spiro atoms. The minimum absolute atomic E-state index is 0.144. The van der Waals surface area contributed by atoms with E-state index in [1.54, 1.807) is 32.2 Å². The fourth-order valence-corrected chi connectivity index (χ4v) is 2.84. The summed E-state index contributed by atoms with van der Waals surface area (Å²) in [5.41, 5.74) is 0.346. The van der Waals surface area contributed by atoms with Crippen molar-refractivity contribution < 1.29 is 9.90 Å². The van der Waals surface area contributed by atoms with Crippen LogP contribution in [0, 0.1) is 12.3 Å². The molecule has 1 atom stereocenters. The summed E-state index contributed by atoms with van der Waals surface area (Å²) in [6.45, 7) is 5.50. The second kappa shape index (κ2) is 4.33. The maximum absolute atomic E-state index is 11.2. The molecule has 2 N–H and O–H groups in total. The van der Waals surface area contributed by atoms with Crippen molar-refractivity contribution in [3.63, 3.8) is 0 Å². The molecule has 0 aliphatic carbocycles. The number of thiophene rings is 1. The van der Waals surface area contributed by atoms with Crippen molar-refractivity contribution in [2.24, 2.45) is 5.41 Å². The van der Waals surface area contributed by atoms with Crippen molar-refractivity contribution in [2.75, 3.05) is 7.05 Å². The molecule has 0 bridgehead atoms. The summed E-state index contributed by atoms with van der Waals surface area (Å²) in [4.78, 5) is 12.3. The SMILES string of the molecule is CNC(c1sccc1C)C(C)(C)C(=O)O. The minimum Gasteiger partial charge on any atom is -0.481 e. The molecule has 0 saturated heterocycles. The number of hydrogen-bond acceptors (Lipinski definition) is 3. The highest BCUT2D eigenvalue weighted by Crippen LogP contribution is 2.37. The van der Waals surface area contributed by atoms with E-state index in [-0.39, 0.29) is 6.04 Å². The summed E-state index contributed by atoms with van der Waals surface area (Å²) in [5, 5.41) is 14.3. The van der Waals surface area contributed by atoms with E-state index in [2.05, 4.69) is 5.32 Å². The van der Waals surface area contributed by atoms with E-state index >= 15 is 0 Å². The van der Waals surface area contributed by atoms with Crippen molar-refractivity contribution >= 4 is 17.3 Å². The Morgan fingerprint density at radius 3 is 2.53 bits per heavy atom. The van der Waals surface area contributed by atoms with Crippen LogP contribution >= 0.6 is 11.3 Å². The van der Waals surface area contributed by atoms with Crippen molar-refractivity contribution in [3.05, 3.63) is 21.9 Å². The number of carboxylic acid groups (broad SMARTS) is 1. The molecule has 0 aromatic carbocycles. The molecule has 15 heavy (non-hydrogen) atoms. The van der Waals surface area contributed by atoms with E-state index in [4.69, 9.17) is 0 Å². The molecular weight excluding hydrogens is 210 g/mol. The standard InChI is InChI=1S/C11H17NO2S/c1-7-5-6-15-8(7)9(12-4)11(2,3)10(13)14/h5-6,9,12H,1-4H3,(H,13,14). The van der Waals surface area contributed by atoms with Crippen molar-refractivity contribution in [1.82, 2.24) is 5.32 Å². The Hall–Kier alpha value is -0.870. The van der Waals surface area contributed by atoms with Gasteiger partial charge in [-0.3, -0.25) is 4.79 Å². The maximum Gasteiger partial charge on any atom is 0.311 e. The molecule has 3 nitrogen and oxygen atoms in total. The lowest BCUT2D eigenvalue weighted by molar-refractivity contribution is -0.148. The van der Waals surface area contributed by atoms with Crippen molar-refractivity contribution in [2.45, 2.75) is 26.8 Å². The number of nitrogens with one attached hydrogen (secondary N) is 1. The van der Waals surface area contributed by atoms with Gasteiger partial charge in [0.15, 0.2) is 0 Å². The highest BCUT2D eigenvalue weighted by molar-refractivity contribution is 7.10. The first kappa shape index (κ1) is 12.2. The third-order valence-corrected chi connectivity index (χ3v) is 3.81. The molecule has 1 aromatic heterocycles. The predicted molar refractivity (Wildman–Crippen MR) is 62.3 cm³/mol. The fraction of sp³-hybridized carbons (Fsp3) is 0.545. The monoisotopic (exact) mass is 227 g/mol. The van der Waals surface area contributed by atoms with Gasteiger partial charge in [-0.1, -0.05) is 0 Å². The largest absolute Gasteiger partial charge is 0.481 e. The van der Waals surface area contributed by atoms with E-state index in [0.717, 1.165) is 10.4 Å². The second-order valence-electron chi connectivity index (χ2n) is 4.22. The lowest BCUT2D eigenvalue weighted by Gasteiger charge is -2.30. The maximum atomic E-state index is 11.2. The van der Waals surface area contributed by atoms with Crippen LogP contribution in [-0.4, -0.2) is 18.1 Å². The molecule has 0 aliphatic rings. The summed E-state index contributed by atoms with van der Waals surface area (Å²) in [6, 6.07) is 1.87. The van der Waals surface area contributed by atoms with Gasteiger partial charge in [0.2, 0.25) is 0 Å². The first-order chi connectivity index (χ1) is 6.91. The van der Waals surface area contributed by atoms with Crippen LogP contribution in [-0.2, 0) is 4.79 Å². The van der Waals surface area contributed by atoms with Gasteiger partial charge in [-0.05, 0) is 44.8 Å². The summed E-state index contributed by atoms with van der Waals surface area (Å²) < 4.78 is 0. The molecule has 1 unspecified atom stereocenters. The van der Waals surface area contributed by atoms with Gasteiger partial charge in [0.1, 0.15) is 0 Å². The Balaban J connectivity index is 3.10. The van der Waals surface area contributed by atoms with Crippen LogP contribution in [0.1, 0.15) is 30.3 Å². The van der Waals surface area contributed by atoms with Crippen LogP contribution in [0.3, 0.4) is 0 Å². The Morgan fingerprint density at radius 2 is 2.20 bits per heavy atom. The van der Waals surface area contributed by atoms with Crippen LogP contribution in [0.4, 0.5) is 0 Å². The van der Waals surface area contributed by atoms with Gasteiger partial charge < -0.3 is 10.4 Å². The second-order valence-corrected chi connectivity index (χ2v) is 5.16. The number of carbonyl (C=O) groups is 1. The van der Waals surface area contributed by atoms with Crippen LogP contribution in [0.25, 0.3) is 0 Å². The van der Waals surface area contributed by atoms with Gasteiger partial charge >= 0.3 is 5.97 Å². The molecular formula is C11H17NO2S. The van der Waals surface area contributed by atoms with E-state index in [0.29, 0.717) is 0 Å². The molecule has 1 rings (SSSR count). The number of rotatable bonds is 4. The number of carboxylic acids is 1. The van der Waals surface area contributed by atoms with Gasteiger partial charge in [-0.25, -0.2) is 0 Å². The van der Waals surface area contributed by atoms with Crippen LogP contribution in [0.15, 0.2) is 11.4 Å². The Morgan fingerprint density at radius 1 is 1.60 bits per heavy atom. The van der Waals surface area contributed by atoms with Gasteiger partial charge in [0.05, 0.1) is 11.5 Å². The van der Waals surface area contributed by atoms with E-state index in [9.17, 15) is 9.90 Å². The summed E-state index contributed by atoms with van der Waals surface area (Å²) in [5.74, 6) is -0.783. The average molecular weight is 227 g/mol. The molecule has 84 valence electrons. The molecule has 0 fully saturated rings. The third kappa shape index (κ3) is 2.21. The third-order valence-electron chi connectivity index (χ3n) is 2.73. The Kier molecular flexibility index (Phi) is 3.52. The zero-order valence-corrected chi connectivity index (χ0v) is 10.3. The Bertz CT molecular complexity index is 357. The van der Waals surface area contributed by atoms with Gasteiger partial charge in [-0.15, -0.1) is 11.3 Å². The van der Waals surface area contributed by atoms with Crippen LogP contribution < -0.4 is 5.32 Å². The number of hydrogen-bond donors (Lipinski definition) is 2. The Labute approximate surface area is 94.1 Å². The zero-order valence-electron chi connectivity index (χ0n) is 9.50. The first-order valence-corrected chi connectivity index (χ1v) is 5.74. The quantitative estimate of drug-likeness (QED) is 0.830. The van der Waals surface area contributed by atoms with E-state index in [1.807, 2.05) is 18.4 Å². The molecule has 0 radical (unpaired) electrons. The lowest BCUT2D eigenvalue weighted by Crippen LogP contribution is -2.38. The van der Waals surface area contributed by atoms with Crippen molar-refractivity contribution in [1.29, 1.82) is 0 Å². The zero-order chi connectivity index (χ0) is 11.6. The lowest BCUT2D eigenvalue weighted by atomic mass is 9.83. The van der Waals surface area contributed by atoms with Crippen LogP contribution in [0.5, 0.6) is 0 Å². The van der Waals surface area contributed by atoms with Gasteiger partial charge in [0, 0.05) is 4.88 Å². The van der Waals surface area contributed by atoms with Crippen molar-refractivity contribution in [3.8, 4) is 0 Å². The summed E-state index contributed by atoms with van der Waals surface area (Å²) in [7, 11) is 1.80. The highest BCUT2D eigenvalue weighted by atomic mass is 32.1. The normalized spacial score (nSPS) is 13.9. The van der Waals surface area contributed by atoms with Crippen LogP contribution in [0.2, 0.25) is 0 Å². The summed E-state index contributed by atoms with van der Waals surface area (Å²) >= 11 is 1.60. The topological polar surface area (TPSA) is 49.3 Å². The number of aryl methyl sites for hydroxylation is 1. The molecule has 0 saturated carbocycles. The molecule has 1 aromatic rings. The van der Waals surface area contributed by atoms with E-state index in [1.165, 1.54) is 0 Å². The predicted octanol–water partition coefficient (Wildman–Crippen LogP) is 2.43. The molecule has 0 aliphatic heterocycles. The first-order valence-electron chi connectivity index (χ1n) is 4.86. The smallest absolute Gasteiger partial charge is 0.311 e. The number of aliphatic carboxylic acids is 1. The fourth-order valence-electron chi connectivity index (χ4n) is 1.62. The van der Waals surface area contributed by atoms with Gasteiger partial charge in [-0.2, -0.15) is 0 Å². The molecule has 4 heteroatoms. The highest BCUT2D eigenvalue weighted by Gasteiger charge is 2.38. The summed E-state index contributed by atoms with van der Waals surface area (Å²) in [6.07, 6.45) is 0. The molecule has 1 heterocycles. The molecule has 0 amide bonds. The minimum atomic E-state index is -0.801. The average Bonchev–Trinajstić information content (AvgIpc) is 2.53.